The molecule has 0 aliphatic rings. The molecule has 0 aromatic heterocycles. The van der Waals surface area contributed by atoms with Crippen LogP contribution in [0, 0.1) is 0 Å². The smallest absolute Gasteiger partial charge is 0.127 e. The average molecular weight is 625 g/mol. The van der Waals surface area contributed by atoms with Gasteiger partial charge in [0, 0.05) is 34.1 Å². The first-order valence-electron chi connectivity index (χ1n) is 15.4. The second-order valence-corrected chi connectivity index (χ2v) is 11.1. The molecule has 0 fully saturated rings. The third kappa shape index (κ3) is 7.35. The normalized spacial score (nSPS) is 10.9. The van der Waals surface area contributed by atoms with Crippen molar-refractivity contribution in [2.75, 3.05) is 9.80 Å². The van der Waals surface area contributed by atoms with Crippen LogP contribution in [0.3, 0.4) is 0 Å². The van der Waals surface area contributed by atoms with Crippen molar-refractivity contribution in [3.05, 3.63) is 168 Å². The largest absolute Gasteiger partial charge is 0.457 e. The summed E-state index contributed by atoms with van der Waals surface area (Å²) in [6, 6.07) is 46.7. The summed E-state index contributed by atoms with van der Waals surface area (Å²) in [5, 5.41) is 38.1. The Kier molecular flexibility index (Phi) is 9.91. The average Bonchev–Trinajstić information content (AvgIpc) is 3.14. The summed E-state index contributed by atoms with van der Waals surface area (Å²) < 4.78 is 6.24. The van der Waals surface area contributed by atoms with Gasteiger partial charge in [0.1, 0.15) is 11.5 Å². The Morgan fingerprint density at radius 1 is 0.298 bits per heavy atom. The van der Waals surface area contributed by atoms with Crippen molar-refractivity contribution in [2.24, 2.45) is 0 Å². The van der Waals surface area contributed by atoms with Crippen LogP contribution < -0.4 is 14.5 Å². The highest BCUT2D eigenvalue weighted by Crippen LogP contribution is 2.38. The van der Waals surface area contributed by atoms with E-state index in [4.69, 9.17) is 4.74 Å². The van der Waals surface area contributed by atoms with Crippen LogP contribution in [0.1, 0.15) is 22.3 Å². The monoisotopic (exact) mass is 624 g/mol. The minimum atomic E-state index is -0.0219. The zero-order valence-corrected chi connectivity index (χ0v) is 25.8. The standard InChI is InChI=1S/C40H36N2O5/c43-25-29-1-9-33(10-2-29)41(34-11-3-30(26-44)4-12-34)37-17-21-39(22-18-37)47-40-23-19-38(20-24-40)42(35-13-5-31(27-45)6-14-35)36-15-7-32(28-46)8-16-36/h1-24,43-46H,25-28H2. The van der Waals surface area contributed by atoms with Gasteiger partial charge in [-0.25, -0.2) is 0 Å². The summed E-state index contributed by atoms with van der Waals surface area (Å²) in [6.45, 7) is -0.0874. The van der Waals surface area contributed by atoms with Gasteiger partial charge in [-0.2, -0.15) is 0 Å². The lowest BCUT2D eigenvalue weighted by Crippen LogP contribution is -2.10. The lowest BCUT2D eigenvalue weighted by atomic mass is 10.1. The van der Waals surface area contributed by atoms with Crippen LogP contribution in [-0.2, 0) is 26.4 Å². The van der Waals surface area contributed by atoms with E-state index >= 15 is 0 Å². The van der Waals surface area contributed by atoms with Crippen molar-refractivity contribution in [1.29, 1.82) is 0 Å². The second-order valence-electron chi connectivity index (χ2n) is 11.1. The van der Waals surface area contributed by atoms with Crippen LogP contribution in [0.4, 0.5) is 34.1 Å². The molecule has 0 heterocycles. The molecule has 0 unspecified atom stereocenters. The van der Waals surface area contributed by atoms with E-state index in [1.807, 2.05) is 146 Å². The third-order valence-electron chi connectivity index (χ3n) is 7.93. The highest BCUT2D eigenvalue weighted by molar-refractivity contribution is 5.78. The molecule has 0 aliphatic carbocycles. The zero-order chi connectivity index (χ0) is 32.6. The fraction of sp³-hybridized carbons (Fsp3) is 0.100. The van der Waals surface area contributed by atoms with Crippen molar-refractivity contribution >= 4 is 34.1 Å². The van der Waals surface area contributed by atoms with Gasteiger partial charge >= 0.3 is 0 Å². The van der Waals surface area contributed by atoms with E-state index in [1.165, 1.54) is 0 Å². The molecule has 0 atom stereocenters. The molecule has 7 nitrogen and oxygen atoms in total. The number of nitrogens with zero attached hydrogens (tertiary/aromatic N) is 2. The van der Waals surface area contributed by atoms with Crippen LogP contribution in [0.5, 0.6) is 11.5 Å². The number of hydrogen-bond acceptors (Lipinski definition) is 7. The van der Waals surface area contributed by atoms with E-state index in [0.29, 0.717) is 11.5 Å². The van der Waals surface area contributed by atoms with Gasteiger partial charge in [-0.3, -0.25) is 0 Å². The molecule has 0 spiro atoms. The van der Waals surface area contributed by atoms with Crippen LogP contribution in [0.25, 0.3) is 0 Å². The maximum absolute atomic E-state index is 9.52. The highest BCUT2D eigenvalue weighted by Gasteiger charge is 2.15. The van der Waals surface area contributed by atoms with Crippen molar-refractivity contribution in [3.63, 3.8) is 0 Å². The second kappa shape index (κ2) is 14.8. The number of aliphatic hydroxyl groups is 4. The van der Waals surface area contributed by atoms with Crippen molar-refractivity contribution in [1.82, 2.24) is 0 Å². The molecule has 6 rings (SSSR count). The summed E-state index contributed by atoms with van der Waals surface area (Å²) >= 11 is 0. The number of anilines is 6. The van der Waals surface area contributed by atoms with Gasteiger partial charge in [-0.05, 0) is 119 Å². The number of hydrogen-bond donors (Lipinski definition) is 4. The van der Waals surface area contributed by atoms with Crippen molar-refractivity contribution < 1.29 is 25.2 Å². The lowest BCUT2D eigenvalue weighted by molar-refractivity contribution is 0.281. The van der Waals surface area contributed by atoms with E-state index in [9.17, 15) is 20.4 Å². The van der Waals surface area contributed by atoms with Crippen LogP contribution in [0.15, 0.2) is 146 Å². The lowest BCUT2D eigenvalue weighted by Gasteiger charge is -2.26. The minimum absolute atomic E-state index is 0.0219. The van der Waals surface area contributed by atoms with Gasteiger partial charge in [0.2, 0.25) is 0 Å². The zero-order valence-electron chi connectivity index (χ0n) is 25.8. The molecule has 0 radical (unpaired) electrons. The number of aliphatic hydroxyl groups excluding tert-OH is 4. The Morgan fingerprint density at radius 2 is 0.489 bits per heavy atom. The Bertz CT molecular complexity index is 1620. The van der Waals surface area contributed by atoms with E-state index < -0.39 is 0 Å². The van der Waals surface area contributed by atoms with Crippen molar-refractivity contribution in [2.45, 2.75) is 26.4 Å². The Balaban J connectivity index is 1.24. The maximum atomic E-state index is 9.52. The van der Waals surface area contributed by atoms with Gasteiger partial charge in [0.05, 0.1) is 26.4 Å². The van der Waals surface area contributed by atoms with E-state index in [0.717, 1.165) is 56.4 Å². The van der Waals surface area contributed by atoms with E-state index in [1.54, 1.807) is 0 Å². The predicted molar refractivity (Wildman–Crippen MR) is 186 cm³/mol. The summed E-state index contributed by atoms with van der Waals surface area (Å²) in [5.74, 6) is 1.37. The van der Waals surface area contributed by atoms with Crippen LogP contribution >= 0.6 is 0 Å². The molecule has 0 saturated heterocycles. The molecule has 0 aliphatic heterocycles. The van der Waals surface area contributed by atoms with Gasteiger partial charge in [0.25, 0.3) is 0 Å². The van der Waals surface area contributed by atoms with Crippen LogP contribution in [-0.4, -0.2) is 20.4 Å². The number of rotatable bonds is 12. The Hall–Kier alpha value is -5.44. The van der Waals surface area contributed by atoms with Crippen LogP contribution in [0.2, 0.25) is 0 Å². The van der Waals surface area contributed by atoms with Gasteiger partial charge < -0.3 is 35.0 Å². The number of benzene rings is 6. The molecular weight excluding hydrogens is 588 g/mol. The molecule has 6 aromatic carbocycles. The Morgan fingerprint density at radius 3 is 0.681 bits per heavy atom. The topological polar surface area (TPSA) is 96.6 Å². The summed E-state index contributed by atoms with van der Waals surface area (Å²) in [7, 11) is 0. The first kappa shape index (κ1) is 31.5. The molecule has 4 N–H and O–H groups in total. The number of ether oxygens (including phenoxy) is 1. The summed E-state index contributed by atoms with van der Waals surface area (Å²) in [6.07, 6.45) is 0. The van der Waals surface area contributed by atoms with Gasteiger partial charge in [-0.15, -0.1) is 0 Å². The molecular formula is C40H36N2O5. The molecule has 0 bridgehead atoms. The summed E-state index contributed by atoms with van der Waals surface area (Å²) in [4.78, 5) is 4.21. The first-order valence-corrected chi connectivity index (χ1v) is 15.4. The molecule has 0 amide bonds. The van der Waals surface area contributed by atoms with E-state index in [-0.39, 0.29) is 26.4 Å². The summed E-state index contributed by atoms with van der Waals surface area (Å²) in [5.41, 5.74) is 8.93. The Labute approximate surface area is 274 Å². The fourth-order valence-electron chi connectivity index (χ4n) is 5.36. The van der Waals surface area contributed by atoms with Gasteiger partial charge in [0.15, 0.2) is 0 Å². The molecule has 7 heteroatoms. The van der Waals surface area contributed by atoms with E-state index in [2.05, 4.69) is 9.80 Å². The first-order chi connectivity index (χ1) is 23.1. The van der Waals surface area contributed by atoms with Crippen molar-refractivity contribution in [3.8, 4) is 11.5 Å². The minimum Gasteiger partial charge on any atom is -0.457 e. The highest BCUT2D eigenvalue weighted by atomic mass is 16.5. The fourth-order valence-corrected chi connectivity index (χ4v) is 5.36. The van der Waals surface area contributed by atoms with Gasteiger partial charge in [-0.1, -0.05) is 48.5 Å². The molecule has 236 valence electrons. The predicted octanol–water partition coefficient (Wildman–Crippen LogP) is 8.39. The quantitative estimate of drug-likeness (QED) is 0.109. The molecule has 6 aromatic rings. The third-order valence-corrected chi connectivity index (χ3v) is 7.93. The molecule has 47 heavy (non-hydrogen) atoms. The SMILES string of the molecule is OCc1ccc(N(c2ccc(CO)cc2)c2ccc(Oc3ccc(N(c4ccc(CO)cc4)c4ccc(CO)cc4)cc3)cc2)cc1. The maximum Gasteiger partial charge on any atom is 0.127 e. The molecule has 0 saturated carbocycles.